The lowest BCUT2D eigenvalue weighted by Gasteiger charge is -2.58. The van der Waals surface area contributed by atoms with Gasteiger partial charge < -0.3 is 41.2 Å². The molecule has 440 valence electrons. The minimum atomic E-state index is -5.10. The summed E-state index contributed by atoms with van der Waals surface area (Å²) in [5, 5.41) is 8.59. The molecule has 0 saturated carbocycles. The molecule has 10 nitrogen and oxygen atoms in total. The SMILES string of the molecule is c1ccc([Si]2(c3ccccc3)O[Si](c3ccccc3)(c3ccccc3)O[Si@]3(c4ccccc4)O[Si@](c4ccccc4)(O2)O[Si@]2(c4ccccc4)O[Si](c4ccccc4)(c4ccccc4)O[Si](c4ccccc4)(c4ccccc4)O[Si@@](c4ccccc4)(O2)O3)cc1. The minimum absolute atomic E-state index is 0.586. The molecular formula is C72H60O10Si8. The number of rotatable bonds is 12. The maximum atomic E-state index is 8.86. The van der Waals surface area contributed by atoms with Gasteiger partial charge in [-0.3, -0.25) is 0 Å². The second kappa shape index (κ2) is 24.3. The number of hydrogen-bond donors (Lipinski definition) is 0. The second-order valence-corrected chi connectivity index (χ2v) is 46.6. The zero-order chi connectivity index (χ0) is 60.4. The molecule has 90 heavy (non-hydrogen) atoms. The zero-order valence-corrected chi connectivity index (χ0v) is 56.7. The fourth-order valence-corrected chi connectivity index (χ4v) is 58.0. The zero-order valence-electron chi connectivity index (χ0n) is 48.7. The molecule has 3 aliphatic heterocycles. The van der Waals surface area contributed by atoms with Gasteiger partial charge in [-0.15, -0.1) is 0 Å². The summed E-state index contributed by atoms with van der Waals surface area (Å²) in [6.45, 7) is 0. The first kappa shape index (κ1) is 58.4. The van der Waals surface area contributed by atoms with E-state index in [1.165, 1.54) is 0 Å². The first-order chi connectivity index (χ1) is 44.3. The van der Waals surface area contributed by atoms with Crippen LogP contribution in [-0.4, -0.2) is 69.5 Å². The lowest BCUT2D eigenvalue weighted by Crippen LogP contribution is -2.92. The fraction of sp³-hybridized carbons (Fsp3) is 0. The lowest BCUT2D eigenvalue weighted by atomic mass is 10.4. The largest absolute Gasteiger partial charge is 0.514 e. The van der Waals surface area contributed by atoms with Crippen LogP contribution in [-0.2, 0) is 41.2 Å². The van der Waals surface area contributed by atoms with E-state index >= 15 is 0 Å². The highest BCUT2D eigenvalue weighted by Crippen LogP contribution is 2.43. The van der Waals surface area contributed by atoms with E-state index in [9.17, 15) is 0 Å². The van der Waals surface area contributed by atoms with Crippen LogP contribution in [0.25, 0.3) is 0 Å². The smallest absolute Gasteiger partial charge is 0.402 e. The third kappa shape index (κ3) is 10.3. The molecule has 3 aliphatic rings. The van der Waals surface area contributed by atoms with Crippen LogP contribution in [0, 0.1) is 0 Å². The number of fused-ring (bicyclic) bond motifs is 4. The van der Waals surface area contributed by atoms with E-state index in [0.29, 0.717) is 20.7 Å². The van der Waals surface area contributed by atoms with Gasteiger partial charge in [-0.05, 0) is 41.5 Å². The molecule has 0 N–H and O–H groups in total. The van der Waals surface area contributed by atoms with E-state index in [2.05, 4.69) is 97.1 Å². The van der Waals surface area contributed by atoms with Crippen LogP contribution in [0.3, 0.4) is 0 Å². The number of benzene rings is 12. The quantitative estimate of drug-likeness (QED) is 0.125. The molecule has 0 aliphatic carbocycles. The van der Waals surface area contributed by atoms with E-state index < -0.39 is 69.5 Å². The van der Waals surface area contributed by atoms with Crippen LogP contribution in [0.1, 0.15) is 0 Å². The number of hydrogen-bond acceptors (Lipinski definition) is 10. The molecule has 12 aromatic rings. The summed E-state index contributed by atoms with van der Waals surface area (Å²) >= 11 is 0. The molecule has 0 radical (unpaired) electrons. The molecule has 0 atom stereocenters. The Morgan fingerprint density at radius 3 is 0.344 bits per heavy atom. The molecule has 3 saturated heterocycles. The third-order valence-corrected chi connectivity index (χ3v) is 51.5. The van der Waals surface area contributed by atoms with Crippen molar-refractivity contribution in [2.24, 2.45) is 0 Å². The predicted octanol–water partition coefficient (Wildman–Crippen LogP) is 6.60. The van der Waals surface area contributed by atoms with Crippen molar-refractivity contribution in [2.75, 3.05) is 0 Å². The molecule has 4 bridgehead atoms. The third-order valence-electron chi connectivity index (χ3n) is 16.5. The van der Waals surface area contributed by atoms with Gasteiger partial charge in [0, 0.05) is 20.7 Å². The standard InChI is InChI=1S/C72H60O10Si8/c1-13-37-61(38-14-1)83(62-39-15-2-16-40-62)73-84(63-41-17-3-18-42-63,64-43-19-4-20-44-64)76-88(70-55-31-10-32-56-70)79-87(75-83,69-53-29-9-30-54-69)81-89(71-57-33-11-34-58-71)77-85(65-45-21-5-22-46-65,66-47-23-6-24-48-66)74-86(67-49-25-7-26-50-67,68-51-27-8-28-52-68)78-90(80-89,82-88)72-59-35-12-36-60-72/h1-60H/t87-,88+,89+,90-. The Morgan fingerprint density at radius 1 is 0.111 bits per heavy atom. The van der Waals surface area contributed by atoms with E-state index in [1.54, 1.807) is 0 Å². The van der Waals surface area contributed by atoms with Gasteiger partial charge in [0.1, 0.15) is 0 Å². The van der Waals surface area contributed by atoms with E-state index in [4.69, 9.17) is 41.2 Å². The van der Waals surface area contributed by atoms with Gasteiger partial charge in [0.2, 0.25) is 0 Å². The Labute approximate surface area is 533 Å². The van der Waals surface area contributed by atoms with Crippen LogP contribution in [0.5, 0.6) is 0 Å². The normalized spacial score (nSPS) is 23.2. The second-order valence-electron chi connectivity index (χ2n) is 22.1. The van der Waals surface area contributed by atoms with Crippen molar-refractivity contribution in [3.8, 4) is 0 Å². The first-order valence-corrected chi connectivity index (χ1v) is 44.2. The van der Waals surface area contributed by atoms with Gasteiger partial charge in [0.05, 0.1) is 0 Å². The van der Waals surface area contributed by atoms with Gasteiger partial charge in [0.15, 0.2) is 0 Å². The summed E-state index contributed by atoms with van der Waals surface area (Å²) in [7, 11) is -38.4. The summed E-state index contributed by atoms with van der Waals surface area (Å²) in [5.74, 6) is 0. The Kier molecular flexibility index (Phi) is 15.8. The van der Waals surface area contributed by atoms with E-state index in [1.807, 2.05) is 267 Å². The van der Waals surface area contributed by atoms with Crippen LogP contribution in [0.15, 0.2) is 364 Å². The first-order valence-electron chi connectivity index (χ1n) is 30.0. The predicted molar refractivity (Wildman–Crippen MR) is 370 cm³/mol. The Morgan fingerprint density at radius 2 is 0.222 bits per heavy atom. The van der Waals surface area contributed by atoms with Crippen LogP contribution in [0.4, 0.5) is 0 Å². The summed E-state index contributed by atoms with van der Waals surface area (Å²) in [6, 6.07) is 122. The Bertz CT molecular complexity index is 3620. The maximum Gasteiger partial charge on any atom is 0.514 e. The molecule has 15 rings (SSSR count). The molecule has 18 heteroatoms. The highest BCUT2D eigenvalue weighted by atomic mass is 28.6. The van der Waals surface area contributed by atoms with Crippen molar-refractivity contribution in [1.82, 2.24) is 0 Å². The molecule has 0 amide bonds. The summed E-state index contributed by atoms with van der Waals surface area (Å²) in [5.41, 5.74) is 0. The lowest BCUT2D eigenvalue weighted by molar-refractivity contribution is 0.0779. The highest BCUT2D eigenvalue weighted by molar-refractivity contribution is 7.16. The van der Waals surface area contributed by atoms with Crippen molar-refractivity contribution >= 4 is 132 Å². The van der Waals surface area contributed by atoms with Crippen molar-refractivity contribution < 1.29 is 41.2 Å². The summed E-state index contributed by atoms with van der Waals surface area (Å²) in [6.07, 6.45) is 0. The van der Waals surface area contributed by atoms with Crippen molar-refractivity contribution in [3.05, 3.63) is 364 Å². The molecule has 3 fully saturated rings. The Hall–Kier alpha value is -8.02. The van der Waals surface area contributed by atoms with Gasteiger partial charge in [0.25, 0.3) is 0 Å². The van der Waals surface area contributed by atoms with Gasteiger partial charge in [-0.2, -0.15) is 0 Å². The molecule has 3 heterocycles. The molecular weight excluding hydrogens is 1250 g/mol. The van der Waals surface area contributed by atoms with Gasteiger partial charge in [-0.25, -0.2) is 0 Å². The minimum Gasteiger partial charge on any atom is -0.402 e. The van der Waals surface area contributed by atoms with Crippen LogP contribution in [0.2, 0.25) is 0 Å². The Balaban J connectivity index is 1.17. The van der Waals surface area contributed by atoms with Crippen molar-refractivity contribution in [1.29, 1.82) is 0 Å². The fourth-order valence-electron chi connectivity index (χ4n) is 12.3. The molecule has 0 spiro atoms. The molecule has 0 unspecified atom stereocenters. The summed E-state index contributed by atoms with van der Waals surface area (Å²) in [4.78, 5) is 0. The average Bonchev–Trinajstić information content (AvgIpc) is 0.693. The topological polar surface area (TPSA) is 92.3 Å². The monoisotopic (exact) mass is 1310 g/mol. The van der Waals surface area contributed by atoms with Crippen molar-refractivity contribution in [2.45, 2.75) is 0 Å². The van der Waals surface area contributed by atoms with Crippen LogP contribution >= 0.6 is 0 Å². The average molecular weight is 1310 g/mol. The molecule has 0 aromatic heterocycles. The highest BCUT2D eigenvalue weighted by Gasteiger charge is 2.79. The summed E-state index contributed by atoms with van der Waals surface area (Å²) < 4.78 is 88.4. The maximum absolute atomic E-state index is 8.86. The van der Waals surface area contributed by atoms with Gasteiger partial charge >= 0.3 is 69.5 Å². The van der Waals surface area contributed by atoms with E-state index in [0.717, 1.165) is 41.5 Å². The van der Waals surface area contributed by atoms with Crippen molar-refractivity contribution in [3.63, 3.8) is 0 Å². The van der Waals surface area contributed by atoms with E-state index in [-0.39, 0.29) is 0 Å². The van der Waals surface area contributed by atoms with Gasteiger partial charge in [-0.1, -0.05) is 364 Å². The molecule has 12 aromatic carbocycles. The van der Waals surface area contributed by atoms with Crippen LogP contribution < -0.4 is 62.2 Å².